The Morgan fingerprint density at radius 1 is 1.09 bits per heavy atom. The van der Waals surface area contributed by atoms with E-state index in [1.54, 1.807) is 0 Å². The topological polar surface area (TPSA) is 0 Å². The molecule has 0 bridgehead atoms. The molecule has 1 aromatic rings. The Balaban J connectivity index is 3.09. The molecule has 0 spiro atoms. The molecule has 0 aliphatic rings. The first-order valence-corrected chi connectivity index (χ1v) is 4.18. The van der Waals surface area contributed by atoms with E-state index in [4.69, 9.17) is 0 Å². The van der Waals surface area contributed by atoms with Gasteiger partial charge in [-0.1, -0.05) is 48.4 Å². The second-order valence-corrected chi connectivity index (χ2v) is 3.51. The summed E-state index contributed by atoms with van der Waals surface area (Å²) in [4.78, 5) is 0. The van der Waals surface area contributed by atoms with Crippen molar-refractivity contribution in [2.24, 2.45) is 0 Å². The van der Waals surface area contributed by atoms with E-state index in [0.717, 1.165) is 0 Å². The van der Waals surface area contributed by atoms with E-state index in [0.29, 0.717) is 6.71 Å². The Bertz CT molecular complexity index is 251. The van der Waals surface area contributed by atoms with Crippen LogP contribution in [0.5, 0.6) is 0 Å². The normalized spacial score (nSPS) is 9.82. The molecule has 0 fully saturated rings. The van der Waals surface area contributed by atoms with Crippen LogP contribution in [0.2, 0.25) is 13.6 Å². The molecule has 1 aromatic carbocycles. The Morgan fingerprint density at radius 3 is 2.18 bits per heavy atom. The molecule has 58 valence electrons. The minimum Gasteiger partial charge on any atom is -0.0819 e. The molecular weight excluding hydrogens is 131 g/mol. The highest BCUT2D eigenvalue weighted by molar-refractivity contribution is 6.71. The van der Waals surface area contributed by atoms with Crippen LogP contribution in [-0.2, 0) is 0 Å². The molecule has 0 aliphatic heterocycles. The van der Waals surface area contributed by atoms with Crippen molar-refractivity contribution < 1.29 is 0 Å². The average molecular weight is 146 g/mol. The summed E-state index contributed by atoms with van der Waals surface area (Å²) in [7, 11) is 0. The minimum absolute atomic E-state index is 0.649. The summed E-state index contributed by atoms with van der Waals surface area (Å²) < 4.78 is 0. The lowest BCUT2D eigenvalue weighted by molar-refractivity contribution is 1.41. The predicted molar refractivity (Wildman–Crippen MR) is 53.0 cm³/mol. The van der Waals surface area contributed by atoms with Gasteiger partial charge in [-0.25, -0.2) is 0 Å². The fourth-order valence-electron chi connectivity index (χ4n) is 1.47. The maximum Gasteiger partial charge on any atom is 0.169 e. The fourth-order valence-corrected chi connectivity index (χ4v) is 1.47. The summed E-state index contributed by atoms with van der Waals surface area (Å²) in [5, 5.41) is 0. The van der Waals surface area contributed by atoms with Crippen LogP contribution in [0.1, 0.15) is 11.1 Å². The van der Waals surface area contributed by atoms with Gasteiger partial charge in [0, 0.05) is 0 Å². The molecule has 0 radical (unpaired) electrons. The van der Waals surface area contributed by atoms with E-state index in [9.17, 15) is 0 Å². The van der Waals surface area contributed by atoms with Crippen LogP contribution in [0.4, 0.5) is 0 Å². The van der Waals surface area contributed by atoms with Crippen molar-refractivity contribution in [1.29, 1.82) is 0 Å². The van der Waals surface area contributed by atoms with Gasteiger partial charge in [-0.15, -0.1) is 0 Å². The van der Waals surface area contributed by atoms with E-state index in [1.165, 1.54) is 16.6 Å². The molecule has 0 saturated heterocycles. The Hall–Kier alpha value is -0.715. The highest BCUT2D eigenvalue weighted by Crippen LogP contribution is 2.01. The quantitative estimate of drug-likeness (QED) is 0.533. The third-order valence-corrected chi connectivity index (χ3v) is 2.05. The lowest BCUT2D eigenvalue weighted by atomic mass is 9.48. The first kappa shape index (κ1) is 8.38. The van der Waals surface area contributed by atoms with E-state index < -0.39 is 0 Å². The maximum atomic E-state index is 2.25. The number of hydrogen-bond acceptors (Lipinski definition) is 0. The van der Waals surface area contributed by atoms with Crippen molar-refractivity contribution in [3.05, 3.63) is 29.3 Å². The fraction of sp³-hybridized carbons (Fsp3) is 0.400. The molecule has 0 nitrogen and oxygen atoms in total. The van der Waals surface area contributed by atoms with Gasteiger partial charge >= 0.3 is 0 Å². The van der Waals surface area contributed by atoms with Gasteiger partial charge in [-0.05, 0) is 13.8 Å². The van der Waals surface area contributed by atoms with E-state index in [1.807, 2.05) is 0 Å². The predicted octanol–water partition coefficient (Wildman–Crippen LogP) is 2.26. The number of benzene rings is 1. The van der Waals surface area contributed by atoms with Crippen molar-refractivity contribution in [3.8, 4) is 0 Å². The number of rotatable bonds is 1. The monoisotopic (exact) mass is 146 g/mol. The molecular formula is C10H15B. The highest BCUT2D eigenvalue weighted by Gasteiger charge is 2.04. The van der Waals surface area contributed by atoms with Gasteiger partial charge in [-0.3, -0.25) is 0 Å². The molecule has 0 atom stereocenters. The zero-order valence-electron chi connectivity index (χ0n) is 7.81. The summed E-state index contributed by atoms with van der Waals surface area (Å²) in [6, 6.07) is 6.66. The van der Waals surface area contributed by atoms with Crippen molar-refractivity contribution in [2.75, 3.05) is 0 Å². The molecule has 0 unspecified atom stereocenters. The number of hydrogen-bond donors (Lipinski definition) is 0. The molecule has 0 aliphatic carbocycles. The summed E-state index contributed by atoms with van der Waals surface area (Å²) >= 11 is 0. The molecule has 11 heavy (non-hydrogen) atoms. The zero-order chi connectivity index (χ0) is 8.43. The molecule has 1 rings (SSSR count). The van der Waals surface area contributed by atoms with Gasteiger partial charge in [0.1, 0.15) is 0 Å². The number of aryl methyl sites for hydroxylation is 2. The Morgan fingerprint density at radius 2 is 1.73 bits per heavy atom. The van der Waals surface area contributed by atoms with Gasteiger partial charge in [0.25, 0.3) is 0 Å². The van der Waals surface area contributed by atoms with Gasteiger partial charge in [0.05, 0.1) is 0 Å². The lowest BCUT2D eigenvalue weighted by Crippen LogP contribution is -2.25. The smallest absolute Gasteiger partial charge is 0.0819 e. The first-order chi connectivity index (χ1) is 5.11. The van der Waals surface area contributed by atoms with Crippen LogP contribution in [0.3, 0.4) is 0 Å². The van der Waals surface area contributed by atoms with Crippen LogP contribution >= 0.6 is 0 Å². The van der Waals surface area contributed by atoms with Crippen LogP contribution in [0.15, 0.2) is 18.2 Å². The maximum absolute atomic E-state index is 2.25. The van der Waals surface area contributed by atoms with Crippen molar-refractivity contribution >= 4 is 12.2 Å². The minimum atomic E-state index is 0.649. The summed E-state index contributed by atoms with van der Waals surface area (Å²) in [5.41, 5.74) is 4.24. The third-order valence-electron chi connectivity index (χ3n) is 2.05. The SMILES string of the molecule is CB(C)c1ccc(C)cc1C. The molecule has 1 heteroatoms. The summed E-state index contributed by atoms with van der Waals surface area (Å²) in [6.45, 7) is 9.44. The van der Waals surface area contributed by atoms with Gasteiger partial charge in [-0.2, -0.15) is 0 Å². The second-order valence-electron chi connectivity index (χ2n) is 3.51. The first-order valence-electron chi connectivity index (χ1n) is 4.18. The third kappa shape index (κ3) is 1.86. The van der Waals surface area contributed by atoms with Crippen LogP contribution in [-0.4, -0.2) is 6.71 Å². The van der Waals surface area contributed by atoms with Crippen molar-refractivity contribution in [2.45, 2.75) is 27.5 Å². The van der Waals surface area contributed by atoms with E-state index >= 15 is 0 Å². The van der Waals surface area contributed by atoms with E-state index in [-0.39, 0.29) is 0 Å². The van der Waals surface area contributed by atoms with Crippen LogP contribution in [0, 0.1) is 13.8 Å². The zero-order valence-corrected chi connectivity index (χ0v) is 7.81. The largest absolute Gasteiger partial charge is 0.169 e. The standard InChI is InChI=1S/C10H15B/c1-8-5-6-10(11(3)4)9(2)7-8/h5-7H,1-4H3. The molecule has 0 N–H and O–H groups in total. The molecule has 0 saturated carbocycles. The second kappa shape index (κ2) is 3.12. The summed E-state index contributed by atoms with van der Waals surface area (Å²) in [6.07, 6.45) is 0. The van der Waals surface area contributed by atoms with Gasteiger partial charge < -0.3 is 0 Å². The average Bonchev–Trinajstić information content (AvgIpc) is 1.85. The highest BCUT2D eigenvalue weighted by atomic mass is 13.9. The van der Waals surface area contributed by atoms with E-state index in [2.05, 4.69) is 45.7 Å². The van der Waals surface area contributed by atoms with Crippen LogP contribution < -0.4 is 5.46 Å². The molecule has 0 heterocycles. The van der Waals surface area contributed by atoms with Gasteiger partial charge in [0.2, 0.25) is 0 Å². The molecule has 0 amide bonds. The summed E-state index contributed by atoms with van der Waals surface area (Å²) in [5.74, 6) is 0. The van der Waals surface area contributed by atoms with Crippen molar-refractivity contribution in [1.82, 2.24) is 0 Å². The van der Waals surface area contributed by atoms with Gasteiger partial charge in [0.15, 0.2) is 6.71 Å². The Labute approximate surface area is 69.7 Å². The van der Waals surface area contributed by atoms with Crippen molar-refractivity contribution in [3.63, 3.8) is 0 Å². The van der Waals surface area contributed by atoms with Crippen LogP contribution in [0.25, 0.3) is 0 Å². The molecule has 0 aromatic heterocycles. The lowest BCUT2D eigenvalue weighted by Gasteiger charge is -2.07. The Kier molecular flexibility index (Phi) is 2.38.